The molecular weight excluding hydrogens is 396 g/mol. The van der Waals surface area contributed by atoms with Gasteiger partial charge in [-0.15, -0.1) is 0 Å². The highest BCUT2D eigenvalue weighted by atomic mass is 32.1. The van der Waals surface area contributed by atoms with Gasteiger partial charge in [0.15, 0.2) is 11.7 Å². The number of nitro groups is 1. The zero-order valence-corrected chi connectivity index (χ0v) is 17.0. The molecule has 0 saturated carbocycles. The van der Waals surface area contributed by atoms with E-state index in [0.717, 1.165) is 10.6 Å². The minimum absolute atomic E-state index is 0.0453. The Hall–Kier alpha value is -3.01. The van der Waals surface area contributed by atoms with Crippen LogP contribution in [0.5, 0.6) is 5.75 Å². The standard InChI is InChI=1S/C19H22N4O5S/c1-12(2)9-18(25)22-8-7-15-16(10-22)29-19(20-15)21-17(24)11-28-14-5-3-13(4-6-14)23(26)27/h3-6,12H,7-11H2,1-2H3,(H,20,21,24). The van der Waals surface area contributed by atoms with Gasteiger partial charge < -0.3 is 9.64 Å². The number of non-ortho nitro benzene ring substituents is 1. The summed E-state index contributed by atoms with van der Waals surface area (Å²) in [4.78, 5) is 41.8. The van der Waals surface area contributed by atoms with E-state index in [2.05, 4.69) is 10.3 Å². The number of amides is 2. The fourth-order valence-electron chi connectivity index (χ4n) is 2.91. The molecule has 0 aliphatic carbocycles. The molecule has 0 saturated heterocycles. The summed E-state index contributed by atoms with van der Waals surface area (Å²) < 4.78 is 5.35. The van der Waals surface area contributed by atoms with Gasteiger partial charge in [0, 0.05) is 36.4 Å². The number of anilines is 1. The lowest BCUT2D eigenvalue weighted by molar-refractivity contribution is -0.384. The van der Waals surface area contributed by atoms with Crippen LogP contribution in [0.15, 0.2) is 24.3 Å². The summed E-state index contributed by atoms with van der Waals surface area (Å²) in [7, 11) is 0. The topological polar surface area (TPSA) is 115 Å². The van der Waals surface area contributed by atoms with Gasteiger partial charge in [-0.1, -0.05) is 25.2 Å². The number of hydrogen-bond acceptors (Lipinski definition) is 7. The minimum Gasteiger partial charge on any atom is -0.484 e. The Morgan fingerprint density at radius 3 is 2.72 bits per heavy atom. The molecule has 0 spiro atoms. The summed E-state index contributed by atoms with van der Waals surface area (Å²) in [6.07, 6.45) is 1.20. The van der Waals surface area contributed by atoms with Crippen molar-refractivity contribution in [2.45, 2.75) is 33.2 Å². The first-order valence-corrected chi connectivity index (χ1v) is 10.1. The summed E-state index contributed by atoms with van der Waals surface area (Å²) in [5.41, 5.74) is 0.867. The molecule has 2 aromatic rings. The quantitative estimate of drug-likeness (QED) is 0.546. The largest absolute Gasteiger partial charge is 0.484 e. The van der Waals surface area contributed by atoms with Crippen molar-refractivity contribution < 1.29 is 19.2 Å². The first-order valence-electron chi connectivity index (χ1n) is 9.25. The number of nitrogens with zero attached hydrogens (tertiary/aromatic N) is 3. The van der Waals surface area contributed by atoms with Crippen LogP contribution in [0, 0.1) is 16.0 Å². The number of ether oxygens (including phenoxy) is 1. The third-order valence-electron chi connectivity index (χ3n) is 4.33. The van der Waals surface area contributed by atoms with Gasteiger partial charge >= 0.3 is 0 Å². The number of nitrogens with one attached hydrogen (secondary N) is 1. The maximum atomic E-state index is 12.3. The molecule has 1 aromatic carbocycles. The number of hydrogen-bond donors (Lipinski definition) is 1. The normalized spacial score (nSPS) is 13.1. The van der Waals surface area contributed by atoms with Crippen LogP contribution in [0.4, 0.5) is 10.8 Å². The summed E-state index contributed by atoms with van der Waals surface area (Å²) in [5.74, 6) is 0.447. The van der Waals surface area contributed by atoms with E-state index in [1.165, 1.54) is 35.6 Å². The van der Waals surface area contributed by atoms with E-state index < -0.39 is 4.92 Å². The molecule has 1 aromatic heterocycles. The highest BCUT2D eigenvalue weighted by molar-refractivity contribution is 7.15. The molecule has 0 unspecified atom stereocenters. The molecule has 1 aliphatic heterocycles. The number of carbonyl (C=O) groups is 2. The van der Waals surface area contributed by atoms with Crippen LogP contribution in [-0.2, 0) is 22.6 Å². The fraction of sp³-hybridized carbons (Fsp3) is 0.421. The average Bonchev–Trinajstić information content (AvgIpc) is 3.07. The van der Waals surface area contributed by atoms with Crippen molar-refractivity contribution in [1.29, 1.82) is 0 Å². The third kappa shape index (κ3) is 5.50. The van der Waals surface area contributed by atoms with Crippen LogP contribution in [0.1, 0.15) is 30.8 Å². The first kappa shape index (κ1) is 20.7. The molecule has 0 atom stereocenters. The van der Waals surface area contributed by atoms with Gasteiger partial charge in [0.2, 0.25) is 5.91 Å². The lowest BCUT2D eigenvalue weighted by Crippen LogP contribution is -2.36. The van der Waals surface area contributed by atoms with Gasteiger partial charge in [-0.05, 0) is 18.1 Å². The lowest BCUT2D eigenvalue weighted by Gasteiger charge is -2.26. The summed E-state index contributed by atoms with van der Waals surface area (Å²) >= 11 is 1.36. The Kier molecular flexibility index (Phi) is 6.42. The smallest absolute Gasteiger partial charge is 0.269 e. The molecule has 1 N–H and O–H groups in total. The molecule has 10 heteroatoms. The van der Waals surface area contributed by atoms with E-state index in [-0.39, 0.29) is 24.1 Å². The van der Waals surface area contributed by atoms with Gasteiger partial charge in [0.05, 0.1) is 17.2 Å². The van der Waals surface area contributed by atoms with Crippen LogP contribution in [0.25, 0.3) is 0 Å². The summed E-state index contributed by atoms with van der Waals surface area (Å²) in [6, 6.07) is 5.51. The maximum Gasteiger partial charge on any atom is 0.269 e. The number of thiazole rings is 1. The van der Waals surface area contributed by atoms with E-state index in [1.807, 2.05) is 18.7 Å². The predicted molar refractivity (Wildman–Crippen MR) is 108 cm³/mol. The second kappa shape index (κ2) is 8.99. The molecule has 154 valence electrons. The van der Waals surface area contributed by atoms with Crippen LogP contribution >= 0.6 is 11.3 Å². The zero-order chi connectivity index (χ0) is 21.0. The van der Waals surface area contributed by atoms with Gasteiger partial charge in [0.25, 0.3) is 11.6 Å². The average molecular weight is 418 g/mol. The van der Waals surface area contributed by atoms with Gasteiger partial charge in [0.1, 0.15) is 5.75 Å². The Morgan fingerprint density at radius 1 is 1.34 bits per heavy atom. The zero-order valence-electron chi connectivity index (χ0n) is 16.2. The number of aromatic nitrogens is 1. The molecule has 29 heavy (non-hydrogen) atoms. The van der Waals surface area contributed by atoms with Crippen molar-refractivity contribution in [3.8, 4) is 5.75 Å². The van der Waals surface area contributed by atoms with Crippen molar-refractivity contribution in [3.05, 3.63) is 45.0 Å². The molecule has 2 heterocycles. The van der Waals surface area contributed by atoms with Crippen molar-refractivity contribution in [3.63, 3.8) is 0 Å². The van der Waals surface area contributed by atoms with Crippen molar-refractivity contribution in [2.24, 2.45) is 5.92 Å². The van der Waals surface area contributed by atoms with Crippen LogP contribution in [0.2, 0.25) is 0 Å². The Labute approximate surface area is 171 Å². The second-order valence-electron chi connectivity index (χ2n) is 7.14. The van der Waals surface area contributed by atoms with Crippen molar-refractivity contribution >= 4 is 34.0 Å². The Morgan fingerprint density at radius 2 is 2.07 bits per heavy atom. The number of fused-ring (bicyclic) bond motifs is 1. The van der Waals surface area contributed by atoms with Crippen LogP contribution in [0.3, 0.4) is 0 Å². The molecule has 0 fully saturated rings. The van der Waals surface area contributed by atoms with E-state index in [1.54, 1.807) is 0 Å². The number of carbonyl (C=O) groups excluding carboxylic acids is 2. The third-order valence-corrected chi connectivity index (χ3v) is 5.33. The first-order chi connectivity index (χ1) is 13.8. The number of rotatable bonds is 7. The van der Waals surface area contributed by atoms with Gasteiger partial charge in [-0.2, -0.15) is 0 Å². The molecule has 0 radical (unpaired) electrons. The van der Waals surface area contributed by atoms with E-state index >= 15 is 0 Å². The highest BCUT2D eigenvalue weighted by Crippen LogP contribution is 2.29. The van der Waals surface area contributed by atoms with Gasteiger partial charge in [-0.3, -0.25) is 25.0 Å². The molecule has 2 amide bonds. The molecule has 1 aliphatic rings. The summed E-state index contributed by atoms with van der Waals surface area (Å²) in [6.45, 7) is 4.96. The molecule has 9 nitrogen and oxygen atoms in total. The SMILES string of the molecule is CC(C)CC(=O)N1CCc2nc(NC(=O)COc3ccc([N+](=O)[O-])cc3)sc2C1. The van der Waals surface area contributed by atoms with E-state index in [4.69, 9.17) is 4.74 Å². The van der Waals surface area contributed by atoms with Crippen molar-refractivity contribution in [1.82, 2.24) is 9.88 Å². The monoisotopic (exact) mass is 418 g/mol. The van der Waals surface area contributed by atoms with Crippen molar-refractivity contribution in [2.75, 3.05) is 18.5 Å². The predicted octanol–water partition coefficient (Wildman–Crippen LogP) is 3.00. The second-order valence-corrected chi connectivity index (χ2v) is 8.22. The van der Waals surface area contributed by atoms with E-state index in [9.17, 15) is 19.7 Å². The molecule has 0 bridgehead atoms. The highest BCUT2D eigenvalue weighted by Gasteiger charge is 2.24. The maximum absolute atomic E-state index is 12.3. The lowest BCUT2D eigenvalue weighted by atomic mass is 10.1. The Bertz CT molecular complexity index is 910. The molecular formula is C19H22N4O5S. The van der Waals surface area contributed by atoms with Crippen LogP contribution in [-0.4, -0.2) is 39.8 Å². The molecule has 3 rings (SSSR count). The summed E-state index contributed by atoms with van der Waals surface area (Å²) in [5, 5.41) is 13.8. The number of nitro benzene ring substituents is 1. The Balaban J connectivity index is 1.52. The fourth-order valence-corrected chi connectivity index (χ4v) is 3.95. The number of benzene rings is 1. The van der Waals surface area contributed by atoms with Crippen LogP contribution < -0.4 is 10.1 Å². The van der Waals surface area contributed by atoms with Gasteiger partial charge in [-0.25, -0.2) is 4.98 Å². The minimum atomic E-state index is -0.502. The van der Waals surface area contributed by atoms with E-state index in [0.29, 0.717) is 42.7 Å².